The molecule has 122 valence electrons. The second-order valence-corrected chi connectivity index (χ2v) is 6.30. The third kappa shape index (κ3) is 3.40. The summed E-state index contributed by atoms with van der Waals surface area (Å²) >= 11 is 12.2. The third-order valence-electron chi connectivity index (χ3n) is 3.70. The maximum absolute atomic E-state index is 6.27. The van der Waals surface area contributed by atoms with Gasteiger partial charge in [-0.1, -0.05) is 29.3 Å². The van der Waals surface area contributed by atoms with Crippen LogP contribution in [-0.2, 0) is 0 Å². The molecule has 25 heavy (non-hydrogen) atoms. The number of aliphatic imine (C=N–C) groups is 1. The van der Waals surface area contributed by atoms with E-state index in [1.807, 2.05) is 36.4 Å². The van der Waals surface area contributed by atoms with Gasteiger partial charge in [0.15, 0.2) is 0 Å². The molecule has 2 heterocycles. The van der Waals surface area contributed by atoms with E-state index in [1.54, 1.807) is 30.7 Å². The van der Waals surface area contributed by atoms with Gasteiger partial charge in [0.05, 0.1) is 21.7 Å². The highest BCUT2D eigenvalue weighted by Crippen LogP contribution is 2.30. The maximum Gasteiger partial charge on any atom is 0.140 e. The number of fused-ring (bicyclic) bond motifs is 1. The van der Waals surface area contributed by atoms with Crippen LogP contribution in [0.4, 0.5) is 5.69 Å². The van der Waals surface area contributed by atoms with Crippen LogP contribution in [-0.4, -0.2) is 21.2 Å². The first-order chi connectivity index (χ1) is 12.2. The Labute approximate surface area is 154 Å². The summed E-state index contributed by atoms with van der Waals surface area (Å²) in [6.45, 7) is 0. The fourth-order valence-corrected chi connectivity index (χ4v) is 2.99. The van der Waals surface area contributed by atoms with Crippen molar-refractivity contribution in [3.05, 3.63) is 76.5 Å². The van der Waals surface area contributed by atoms with Gasteiger partial charge in [0, 0.05) is 34.8 Å². The summed E-state index contributed by atoms with van der Waals surface area (Å²) in [7, 11) is 0. The summed E-state index contributed by atoms with van der Waals surface area (Å²) < 4.78 is 0. The molecule has 2 aromatic heterocycles. The zero-order chi connectivity index (χ0) is 17.2. The first-order valence-electron chi connectivity index (χ1n) is 7.58. The van der Waals surface area contributed by atoms with Crippen LogP contribution in [0.25, 0.3) is 22.4 Å². The second kappa shape index (κ2) is 6.67. The SMILES string of the molecule is Clc1ccc(-c2nc3ccc(N=Cc4cccnc4)cc3[nH]2)c(Cl)c1. The summed E-state index contributed by atoms with van der Waals surface area (Å²) in [4.78, 5) is 16.4. The molecule has 1 N–H and O–H groups in total. The molecule has 4 nitrogen and oxygen atoms in total. The van der Waals surface area contributed by atoms with Crippen molar-refractivity contribution in [2.75, 3.05) is 0 Å². The Balaban J connectivity index is 1.69. The number of rotatable bonds is 3. The molecule has 0 bridgehead atoms. The number of halogens is 2. The average molecular weight is 367 g/mol. The lowest BCUT2D eigenvalue weighted by Crippen LogP contribution is -1.81. The highest BCUT2D eigenvalue weighted by Gasteiger charge is 2.09. The first kappa shape index (κ1) is 15.8. The van der Waals surface area contributed by atoms with Crippen LogP contribution in [0.1, 0.15) is 5.56 Å². The molecule has 2 aromatic carbocycles. The summed E-state index contributed by atoms with van der Waals surface area (Å²) in [5, 5.41) is 1.15. The molecular weight excluding hydrogens is 355 g/mol. The van der Waals surface area contributed by atoms with Gasteiger partial charge in [0.2, 0.25) is 0 Å². The number of aromatic nitrogens is 3. The smallest absolute Gasteiger partial charge is 0.140 e. The highest BCUT2D eigenvalue weighted by molar-refractivity contribution is 6.36. The zero-order valence-electron chi connectivity index (χ0n) is 12.9. The summed E-state index contributed by atoms with van der Waals surface area (Å²) in [6, 6.07) is 15.0. The molecule has 0 atom stereocenters. The predicted molar refractivity (Wildman–Crippen MR) is 103 cm³/mol. The monoisotopic (exact) mass is 366 g/mol. The maximum atomic E-state index is 6.27. The van der Waals surface area contributed by atoms with Gasteiger partial charge >= 0.3 is 0 Å². The summed E-state index contributed by atoms with van der Waals surface area (Å²) in [6.07, 6.45) is 5.28. The molecule has 0 amide bonds. The van der Waals surface area contributed by atoms with Gasteiger partial charge in [-0.05, 0) is 42.5 Å². The second-order valence-electron chi connectivity index (χ2n) is 5.46. The Hall–Kier alpha value is -2.69. The summed E-state index contributed by atoms with van der Waals surface area (Å²) in [5.74, 6) is 0.699. The van der Waals surface area contributed by atoms with Crippen molar-refractivity contribution in [1.29, 1.82) is 0 Å². The molecule has 0 fully saturated rings. The molecule has 0 aliphatic heterocycles. The number of nitrogens with zero attached hydrogens (tertiary/aromatic N) is 3. The van der Waals surface area contributed by atoms with E-state index >= 15 is 0 Å². The fourth-order valence-electron chi connectivity index (χ4n) is 2.49. The molecule has 6 heteroatoms. The molecule has 4 rings (SSSR count). The van der Waals surface area contributed by atoms with Crippen molar-refractivity contribution < 1.29 is 0 Å². The van der Waals surface area contributed by atoms with Crippen molar-refractivity contribution in [3.63, 3.8) is 0 Å². The molecule has 0 spiro atoms. The number of imidazole rings is 1. The molecule has 0 unspecified atom stereocenters. The van der Waals surface area contributed by atoms with Gasteiger partial charge in [-0.15, -0.1) is 0 Å². The van der Waals surface area contributed by atoms with E-state index in [9.17, 15) is 0 Å². The van der Waals surface area contributed by atoms with E-state index in [0.29, 0.717) is 15.9 Å². The third-order valence-corrected chi connectivity index (χ3v) is 4.25. The Bertz CT molecular complexity index is 1070. The van der Waals surface area contributed by atoms with E-state index in [-0.39, 0.29) is 0 Å². The average Bonchev–Trinajstić information content (AvgIpc) is 3.03. The number of benzene rings is 2. The number of hydrogen-bond donors (Lipinski definition) is 1. The minimum absolute atomic E-state index is 0.557. The normalized spacial score (nSPS) is 11.4. The lowest BCUT2D eigenvalue weighted by atomic mass is 10.2. The van der Waals surface area contributed by atoms with Gasteiger partial charge in [-0.3, -0.25) is 9.98 Å². The number of nitrogens with one attached hydrogen (secondary N) is 1. The molecule has 0 saturated carbocycles. The molecule has 0 aliphatic rings. The number of H-pyrrole nitrogens is 1. The lowest BCUT2D eigenvalue weighted by Gasteiger charge is -2.00. The van der Waals surface area contributed by atoms with E-state index < -0.39 is 0 Å². The summed E-state index contributed by atoms with van der Waals surface area (Å²) in [5.41, 5.74) is 4.32. The van der Waals surface area contributed by atoms with Crippen LogP contribution < -0.4 is 0 Å². The van der Waals surface area contributed by atoms with Gasteiger partial charge in [-0.2, -0.15) is 0 Å². The molecule has 0 saturated heterocycles. The Kier molecular flexibility index (Phi) is 4.22. The van der Waals surface area contributed by atoms with Crippen molar-refractivity contribution in [3.8, 4) is 11.4 Å². The Morgan fingerprint density at radius 2 is 1.96 bits per heavy atom. The first-order valence-corrected chi connectivity index (χ1v) is 8.34. The highest BCUT2D eigenvalue weighted by atomic mass is 35.5. The largest absolute Gasteiger partial charge is 0.338 e. The van der Waals surface area contributed by atoms with Crippen molar-refractivity contribution in [2.45, 2.75) is 0 Å². The van der Waals surface area contributed by atoms with Gasteiger partial charge in [-0.25, -0.2) is 4.98 Å². The minimum atomic E-state index is 0.557. The van der Waals surface area contributed by atoms with Crippen LogP contribution in [0.15, 0.2) is 65.9 Å². The van der Waals surface area contributed by atoms with Crippen LogP contribution >= 0.6 is 23.2 Å². The van der Waals surface area contributed by atoms with Crippen molar-refractivity contribution >= 4 is 46.1 Å². The lowest BCUT2D eigenvalue weighted by molar-refractivity contribution is 1.32. The van der Waals surface area contributed by atoms with Crippen LogP contribution in [0.5, 0.6) is 0 Å². The molecule has 0 aliphatic carbocycles. The molecule has 4 aromatic rings. The standard InChI is InChI=1S/C19H12Cl2N4/c20-13-3-5-15(16(21)8-13)19-24-17-6-4-14(9-18(17)25-19)23-11-12-2-1-7-22-10-12/h1-11H,(H,24,25). The van der Waals surface area contributed by atoms with Crippen LogP contribution in [0.3, 0.4) is 0 Å². The number of pyridine rings is 1. The fraction of sp³-hybridized carbons (Fsp3) is 0. The van der Waals surface area contributed by atoms with Gasteiger partial charge < -0.3 is 4.98 Å². The van der Waals surface area contributed by atoms with E-state index in [1.165, 1.54) is 0 Å². The molecular formula is C19H12Cl2N4. The number of aromatic amines is 1. The topological polar surface area (TPSA) is 53.9 Å². The quantitative estimate of drug-likeness (QED) is 0.474. The Morgan fingerprint density at radius 3 is 2.76 bits per heavy atom. The van der Waals surface area contributed by atoms with E-state index in [4.69, 9.17) is 23.2 Å². The number of hydrogen-bond acceptors (Lipinski definition) is 3. The van der Waals surface area contributed by atoms with E-state index in [2.05, 4.69) is 19.9 Å². The van der Waals surface area contributed by atoms with Crippen molar-refractivity contribution in [2.24, 2.45) is 4.99 Å². The van der Waals surface area contributed by atoms with Crippen LogP contribution in [0.2, 0.25) is 10.0 Å². The van der Waals surface area contributed by atoms with Crippen molar-refractivity contribution in [1.82, 2.24) is 15.0 Å². The van der Waals surface area contributed by atoms with E-state index in [0.717, 1.165) is 27.8 Å². The Morgan fingerprint density at radius 1 is 1.04 bits per heavy atom. The molecule has 0 radical (unpaired) electrons. The van der Waals surface area contributed by atoms with Crippen LogP contribution in [0, 0.1) is 0 Å². The minimum Gasteiger partial charge on any atom is -0.338 e. The zero-order valence-corrected chi connectivity index (χ0v) is 14.5. The predicted octanol–water partition coefficient (Wildman–Crippen LogP) is 5.68. The van der Waals surface area contributed by atoms with Gasteiger partial charge in [0.25, 0.3) is 0 Å². The van der Waals surface area contributed by atoms with Gasteiger partial charge in [0.1, 0.15) is 5.82 Å².